The Hall–Kier alpha value is -1.16. The first-order chi connectivity index (χ1) is 9.88. The number of nitrogens with one attached hydrogen (secondary N) is 1. The third-order valence-electron chi connectivity index (χ3n) is 4.11. The molecule has 20 heavy (non-hydrogen) atoms. The lowest BCUT2D eigenvalue weighted by Gasteiger charge is -2.14. The summed E-state index contributed by atoms with van der Waals surface area (Å²) in [7, 11) is 0. The van der Waals surface area contributed by atoms with E-state index in [-0.39, 0.29) is 0 Å². The fourth-order valence-electron chi connectivity index (χ4n) is 2.97. The molecule has 0 bridgehead atoms. The molecule has 0 aromatic carbocycles. The van der Waals surface area contributed by atoms with Crippen LogP contribution in [0.4, 0.5) is 5.82 Å². The lowest BCUT2D eigenvalue weighted by Crippen LogP contribution is -2.08. The molecule has 0 aliphatic heterocycles. The molecule has 0 unspecified atom stereocenters. The molecule has 0 amide bonds. The minimum atomic E-state index is 0.561. The normalized spacial score (nSPS) is 17.2. The van der Waals surface area contributed by atoms with Crippen LogP contribution in [0.1, 0.15) is 63.6 Å². The third kappa shape index (κ3) is 2.95. The summed E-state index contributed by atoms with van der Waals surface area (Å²) in [6.07, 6.45) is 9.03. The van der Waals surface area contributed by atoms with E-state index < -0.39 is 0 Å². The van der Waals surface area contributed by atoms with Crippen LogP contribution in [0.3, 0.4) is 0 Å². The molecule has 1 N–H and O–H groups in total. The van der Waals surface area contributed by atoms with Crippen LogP contribution in [0.5, 0.6) is 0 Å². The van der Waals surface area contributed by atoms with Gasteiger partial charge in [-0.3, -0.25) is 0 Å². The van der Waals surface area contributed by atoms with Crippen LogP contribution in [0, 0.1) is 0 Å². The molecule has 3 nitrogen and oxygen atoms in total. The van der Waals surface area contributed by atoms with Crippen molar-refractivity contribution in [2.24, 2.45) is 0 Å². The third-order valence-corrected chi connectivity index (χ3v) is 4.91. The molecule has 3 rings (SSSR count). The number of aromatic nitrogens is 2. The Kier molecular flexibility index (Phi) is 4.51. The van der Waals surface area contributed by atoms with Crippen LogP contribution < -0.4 is 5.32 Å². The average molecular weight is 289 g/mol. The van der Waals surface area contributed by atoms with Crippen molar-refractivity contribution in [3.63, 3.8) is 0 Å². The van der Waals surface area contributed by atoms with E-state index in [1.807, 2.05) is 0 Å². The van der Waals surface area contributed by atoms with E-state index in [9.17, 15) is 0 Å². The summed E-state index contributed by atoms with van der Waals surface area (Å²) in [4.78, 5) is 10.8. The van der Waals surface area contributed by atoms with Gasteiger partial charge in [0.25, 0.3) is 0 Å². The first kappa shape index (κ1) is 13.8. The quantitative estimate of drug-likeness (QED) is 0.809. The zero-order valence-corrected chi connectivity index (χ0v) is 13.0. The SMILES string of the molecule is CCCNc1nc(C2CCCCCC2)nc2sccc12. The van der Waals surface area contributed by atoms with Gasteiger partial charge < -0.3 is 5.32 Å². The Balaban J connectivity index is 1.93. The van der Waals surface area contributed by atoms with Gasteiger partial charge in [-0.05, 0) is 30.7 Å². The highest BCUT2D eigenvalue weighted by Crippen LogP contribution is 2.33. The Morgan fingerprint density at radius 1 is 1.20 bits per heavy atom. The summed E-state index contributed by atoms with van der Waals surface area (Å²) in [5.74, 6) is 2.67. The Labute approximate surface area is 124 Å². The fourth-order valence-corrected chi connectivity index (χ4v) is 3.74. The molecular weight excluding hydrogens is 266 g/mol. The molecule has 2 aromatic heterocycles. The van der Waals surface area contributed by atoms with E-state index in [2.05, 4.69) is 23.7 Å². The number of anilines is 1. The Morgan fingerprint density at radius 2 is 2.00 bits per heavy atom. The van der Waals surface area contributed by atoms with Crippen LogP contribution >= 0.6 is 11.3 Å². The highest BCUT2D eigenvalue weighted by Gasteiger charge is 2.19. The molecular formula is C16H23N3S. The van der Waals surface area contributed by atoms with Crippen LogP contribution in [-0.4, -0.2) is 16.5 Å². The van der Waals surface area contributed by atoms with E-state index in [0.717, 1.165) is 29.4 Å². The van der Waals surface area contributed by atoms with Gasteiger partial charge in [-0.25, -0.2) is 9.97 Å². The minimum absolute atomic E-state index is 0.561. The van der Waals surface area contributed by atoms with Gasteiger partial charge in [-0.2, -0.15) is 0 Å². The summed E-state index contributed by atoms with van der Waals surface area (Å²) >= 11 is 1.73. The maximum absolute atomic E-state index is 4.86. The van der Waals surface area contributed by atoms with Gasteiger partial charge in [-0.1, -0.05) is 32.6 Å². The molecule has 1 aliphatic carbocycles. The minimum Gasteiger partial charge on any atom is -0.369 e. The number of fused-ring (bicyclic) bond motifs is 1. The molecule has 1 aliphatic rings. The lowest BCUT2D eigenvalue weighted by atomic mass is 9.99. The maximum atomic E-state index is 4.86. The zero-order valence-electron chi connectivity index (χ0n) is 12.2. The van der Waals surface area contributed by atoms with E-state index in [4.69, 9.17) is 9.97 Å². The van der Waals surface area contributed by atoms with E-state index >= 15 is 0 Å². The Morgan fingerprint density at radius 3 is 2.75 bits per heavy atom. The van der Waals surface area contributed by atoms with Gasteiger partial charge in [0, 0.05) is 12.5 Å². The van der Waals surface area contributed by atoms with Crippen LogP contribution in [0.25, 0.3) is 10.2 Å². The van der Waals surface area contributed by atoms with Gasteiger partial charge in [0.1, 0.15) is 16.5 Å². The molecule has 0 spiro atoms. The first-order valence-electron chi connectivity index (χ1n) is 7.87. The summed E-state index contributed by atoms with van der Waals surface area (Å²) in [6.45, 7) is 3.16. The van der Waals surface area contributed by atoms with Gasteiger partial charge in [-0.15, -0.1) is 11.3 Å². The summed E-state index contributed by atoms with van der Waals surface area (Å²) in [6, 6.07) is 2.13. The Bertz CT molecular complexity index is 556. The van der Waals surface area contributed by atoms with Crippen LogP contribution in [-0.2, 0) is 0 Å². The summed E-state index contributed by atoms with van der Waals surface area (Å²) in [5.41, 5.74) is 0. The monoisotopic (exact) mass is 289 g/mol. The van der Waals surface area contributed by atoms with Crippen LogP contribution in [0.2, 0.25) is 0 Å². The largest absolute Gasteiger partial charge is 0.369 e. The molecule has 1 saturated carbocycles. The standard InChI is InChI=1S/C16H23N3S/c1-2-10-17-15-13-9-11-20-16(13)19-14(18-15)12-7-5-3-4-6-8-12/h9,11-12H,2-8,10H2,1H3,(H,17,18,19). The smallest absolute Gasteiger partial charge is 0.138 e. The second-order valence-electron chi connectivity index (χ2n) is 5.69. The molecule has 0 radical (unpaired) electrons. The second kappa shape index (κ2) is 6.53. The van der Waals surface area contributed by atoms with Crippen LogP contribution in [0.15, 0.2) is 11.4 Å². The van der Waals surface area contributed by atoms with Crippen molar-refractivity contribution in [2.45, 2.75) is 57.8 Å². The van der Waals surface area contributed by atoms with Crippen molar-refractivity contribution in [3.05, 3.63) is 17.3 Å². The molecule has 0 atom stereocenters. The predicted octanol–water partition coefficient (Wildman–Crippen LogP) is 4.95. The first-order valence-corrected chi connectivity index (χ1v) is 8.75. The zero-order chi connectivity index (χ0) is 13.8. The van der Waals surface area contributed by atoms with E-state index in [1.54, 1.807) is 11.3 Å². The average Bonchev–Trinajstić information content (AvgIpc) is 2.78. The van der Waals surface area contributed by atoms with E-state index in [0.29, 0.717) is 5.92 Å². The molecule has 1 fully saturated rings. The van der Waals surface area contributed by atoms with Crippen molar-refractivity contribution >= 4 is 27.4 Å². The lowest BCUT2D eigenvalue weighted by molar-refractivity contribution is 0.563. The highest BCUT2D eigenvalue weighted by molar-refractivity contribution is 7.16. The van der Waals surface area contributed by atoms with Gasteiger partial charge in [0.15, 0.2) is 0 Å². The molecule has 4 heteroatoms. The van der Waals surface area contributed by atoms with E-state index in [1.165, 1.54) is 43.9 Å². The predicted molar refractivity (Wildman–Crippen MR) is 86.6 cm³/mol. The fraction of sp³-hybridized carbons (Fsp3) is 0.625. The number of thiophene rings is 1. The second-order valence-corrected chi connectivity index (χ2v) is 6.58. The number of rotatable bonds is 4. The topological polar surface area (TPSA) is 37.8 Å². The molecule has 108 valence electrons. The number of hydrogen-bond acceptors (Lipinski definition) is 4. The maximum Gasteiger partial charge on any atom is 0.138 e. The number of hydrogen-bond donors (Lipinski definition) is 1. The summed E-state index contributed by atoms with van der Waals surface area (Å²) in [5, 5.41) is 6.77. The van der Waals surface area contributed by atoms with Crippen molar-refractivity contribution in [2.75, 3.05) is 11.9 Å². The molecule has 0 saturated heterocycles. The van der Waals surface area contributed by atoms with Crippen molar-refractivity contribution < 1.29 is 0 Å². The van der Waals surface area contributed by atoms with Gasteiger partial charge in [0.05, 0.1) is 5.39 Å². The van der Waals surface area contributed by atoms with Crippen molar-refractivity contribution in [3.8, 4) is 0 Å². The van der Waals surface area contributed by atoms with Gasteiger partial charge >= 0.3 is 0 Å². The highest BCUT2D eigenvalue weighted by atomic mass is 32.1. The molecule has 2 aromatic rings. The van der Waals surface area contributed by atoms with Crippen molar-refractivity contribution in [1.82, 2.24) is 9.97 Å². The summed E-state index contributed by atoms with van der Waals surface area (Å²) < 4.78 is 0. The number of nitrogens with zero attached hydrogens (tertiary/aromatic N) is 2. The van der Waals surface area contributed by atoms with Gasteiger partial charge in [0.2, 0.25) is 0 Å². The molecule has 2 heterocycles. The van der Waals surface area contributed by atoms with Crippen molar-refractivity contribution in [1.29, 1.82) is 0 Å².